The number of ether oxygens (including phenoxy) is 1. The van der Waals surface area contributed by atoms with Gasteiger partial charge in [0.25, 0.3) is 0 Å². The normalized spacial score (nSPS) is 25.3. The fraction of sp³-hybridized carbons (Fsp3) is 0.643. The maximum Gasteiger partial charge on any atom is 0.186 e. The summed E-state index contributed by atoms with van der Waals surface area (Å²) in [6.45, 7) is 8.55. The second-order valence-electron chi connectivity index (χ2n) is 5.93. The highest BCUT2D eigenvalue weighted by Crippen LogP contribution is 2.30. The smallest absolute Gasteiger partial charge is 0.186 e. The van der Waals surface area contributed by atoms with Crippen molar-refractivity contribution in [2.45, 2.75) is 39.1 Å². The Balaban J connectivity index is 1.63. The van der Waals surface area contributed by atoms with Crippen molar-refractivity contribution < 1.29 is 4.74 Å². The minimum Gasteiger partial charge on any atom is -0.375 e. The number of nitrogens with one attached hydrogen (secondary N) is 1. The van der Waals surface area contributed by atoms with E-state index in [2.05, 4.69) is 44.2 Å². The number of rotatable bonds is 2. The topological polar surface area (TPSA) is 68.1 Å². The molecule has 2 aliphatic heterocycles. The molecule has 2 atom stereocenters. The van der Waals surface area contributed by atoms with Crippen molar-refractivity contribution in [2.24, 2.45) is 0 Å². The Kier molecular flexibility index (Phi) is 3.59. The number of aromatic nitrogens is 4. The SMILES string of the molecule is CC1CN(c2nc(-c3nnc4n3CCNC4)cs2)C(C)CO1. The van der Waals surface area contributed by atoms with Gasteiger partial charge in [-0.3, -0.25) is 0 Å². The van der Waals surface area contributed by atoms with Crippen LogP contribution in [0.3, 0.4) is 0 Å². The molecule has 2 aromatic heterocycles. The van der Waals surface area contributed by atoms with Crippen LogP contribution in [0.25, 0.3) is 11.5 Å². The van der Waals surface area contributed by atoms with Gasteiger partial charge in [0.05, 0.1) is 25.3 Å². The van der Waals surface area contributed by atoms with Crippen molar-refractivity contribution >= 4 is 16.5 Å². The van der Waals surface area contributed by atoms with E-state index in [0.717, 1.165) is 55.3 Å². The molecule has 8 heteroatoms. The molecule has 0 radical (unpaired) electrons. The Hall–Kier alpha value is -1.51. The molecule has 4 rings (SSSR count). The number of hydrogen-bond donors (Lipinski definition) is 1. The first-order valence-corrected chi connectivity index (χ1v) is 8.57. The zero-order valence-corrected chi connectivity index (χ0v) is 13.6. The zero-order valence-electron chi connectivity index (χ0n) is 12.8. The van der Waals surface area contributed by atoms with Crippen molar-refractivity contribution in [1.29, 1.82) is 0 Å². The molecule has 7 nitrogen and oxygen atoms in total. The third kappa shape index (κ3) is 2.41. The molecule has 1 fully saturated rings. The van der Waals surface area contributed by atoms with Crippen LogP contribution >= 0.6 is 11.3 Å². The molecule has 0 amide bonds. The van der Waals surface area contributed by atoms with Gasteiger partial charge in [0.1, 0.15) is 11.5 Å². The van der Waals surface area contributed by atoms with E-state index < -0.39 is 0 Å². The summed E-state index contributed by atoms with van der Waals surface area (Å²) >= 11 is 1.67. The molecule has 0 spiro atoms. The van der Waals surface area contributed by atoms with E-state index in [0.29, 0.717) is 6.04 Å². The van der Waals surface area contributed by atoms with Crippen LogP contribution in [0.1, 0.15) is 19.7 Å². The van der Waals surface area contributed by atoms with E-state index in [4.69, 9.17) is 9.72 Å². The molecule has 2 aromatic rings. The Morgan fingerprint density at radius 1 is 1.36 bits per heavy atom. The first kappa shape index (κ1) is 14.1. The van der Waals surface area contributed by atoms with Crippen LogP contribution in [0.2, 0.25) is 0 Å². The molecular formula is C14H20N6OS. The van der Waals surface area contributed by atoms with E-state index in [-0.39, 0.29) is 6.10 Å². The second kappa shape index (κ2) is 5.60. The summed E-state index contributed by atoms with van der Waals surface area (Å²) in [5.41, 5.74) is 0.923. The molecule has 2 aliphatic rings. The summed E-state index contributed by atoms with van der Waals surface area (Å²) in [5.74, 6) is 1.87. The summed E-state index contributed by atoms with van der Waals surface area (Å²) in [6, 6.07) is 0.353. The van der Waals surface area contributed by atoms with Gasteiger partial charge >= 0.3 is 0 Å². The van der Waals surface area contributed by atoms with Crippen molar-refractivity contribution in [3.63, 3.8) is 0 Å². The minimum atomic E-state index is 0.246. The van der Waals surface area contributed by atoms with E-state index in [1.165, 1.54) is 0 Å². The highest BCUT2D eigenvalue weighted by atomic mass is 32.1. The predicted molar refractivity (Wildman–Crippen MR) is 85.1 cm³/mol. The molecule has 4 heterocycles. The van der Waals surface area contributed by atoms with Gasteiger partial charge < -0.3 is 19.5 Å². The van der Waals surface area contributed by atoms with Crippen molar-refractivity contribution in [3.05, 3.63) is 11.2 Å². The van der Waals surface area contributed by atoms with E-state index >= 15 is 0 Å². The quantitative estimate of drug-likeness (QED) is 0.894. The zero-order chi connectivity index (χ0) is 15.1. The van der Waals surface area contributed by atoms with Crippen molar-refractivity contribution in [1.82, 2.24) is 25.1 Å². The van der Waals surface area contributed by atoms with Gasteiger partial charge in [-0.1, -0.05) is 0 Å². The number of morpholine rings is 1. The fourth-order valence-corrected chi connectivity index (χ4v) is 3.87. The monoisotopic (exact) mass is 320 g/mol. The lowest BCUT2D eigenvalue weighted by Crippen LogP contribution is -2.47. The predicted octanol–water partition coefficient (Wildman–Crippen LogP) is 1.12. The van der Waals surface area contributed by atoms with Crippen molar-refractivity contribution in [2.75, 3.05) is 24.6 Å². The third-order valence-electron chi connectivity index (χ3n) is 4.20. The maximum atomic E-state index is 5.70. The lowest BCUT2D eigenvalue weighted by Gasteiger charge is -2.36. The van der Waals surface area contributed by atoms with Crippen LogP contribution < -0.4 is 10.2 Å². The Morgan fingerprint density at radius 3 is 3.18 bits per heavy atom. The van der Waals surface area contributed by atoms with E-state index in [9.17, 15) is 0 Å². The summed E-state index contributed by atoms with van der Waals surface area (Å²) in [5, 5.41) is 15.0. The van der Waals surface area contributed by atoms with Gasteiger partial charge in [0.15, 0.2) is 11.0 Å². The molecule has 2 unspecified atom stereocenters. The molecule has 0 bridgehead atoms. The number of hydrogen-bond acceptors (Lipinski definition) is 7. The third-order valence-corrected chi connectivity index (χ3v) is 5.08. The number of anilines is 1. The minimum absolute atomic E-state index is 0.246. The molecule has 0 aliphatic carbocycles. The summed E-state index contributed by atoms with van der Waals surface area (Å²) in [6.07, 6.45) is 0.246. The van der Waals surface area contributed by atoms with E-state index in [1.807, 2.05) is 0 Å². The second-order valence-corrected chi connectivity index (χ2v) is 6.77. The van der Waals surface area contributed by atoms with Crippen molar-refractivity contribution in [3.8, 4) is 11.5 Å². The van der Waals surface area contributed by atoms with Crippen LogP contribution in [0.5, 0.6) is 0 Å². The van der Waals surface area contributed by atoms with Crippen LogP contribution in [0.4, 0.5) is 5.13 Å². The Labute approximate surface area is 133 Å². The average Bonchev–Trinajstić information content (AvgIpc) is 3.16. The molecule has 0 aromatic carbocycles. The van der Waals surface area contributed by atoms with Crippen LogP contribution in [-0.4, -0.2) is 51.6 Å². The largest absolute Gasteiger partial charge is 0.375 e. The van der Waals surface area contributed by atoms with Crippen LogP contribution in [-0.2, 0) is 17.8 Å². The highest BCUT2D eigenvalue weighted by molar-refractivity contribution is 7.14. The summed E-state index contributed by atoms with van der Waals surface area (Å²) < 4.78 is 7.86. The molecular weight excluding hydrogens is 300 g/mol. The molecule has 0 saturated carbocycles. The lowest BCUT2D eigenvalue weighted by molar-refractivity contribution is 0.0343. The molecule has 118 valence electrons. The fourth-order valence-electron chi connectivity index (χ4n) is 2.95. The number of fused-ring (bicyclic) bond motifs is 1. The van der Waals surface area contributed by atoms with Gasteiger partial charge in [-0.15, -0.1) is 21.5 Å². The summed E-state index contributed by atoms with van der Waals surface area (Å²) in [4.78, 5) is 7.15. The van der Waals surface area contributed by atoms with Gasteiger partial charge in [0, 0.05) is 25.0 Å². The average molecular weight is 320 g/mol. The summed E-state index contributed by atoms with van der Waals surface area (Å²) in [7, 11) is 0. The lowest BCUT2D eigenvalue weighted by atomic mass is 10.2. The van der Waals surface area contributed by atoms with Gasteiger partial charge in [0.2, 0.25) is 0 Å². The maximum absolute atomic E-state index is 5.70. The van der Waals surface area contributed by atoms with Gasteiger partial charge in [-0.05, 0) is 13.8 Å². The standard InChI is InChI=1S/C14H20N6OS/c1-9-7-21-10(2)6-20(9)14-16-11(8-22-14)13-18-17-12-5-15-3-4-19(12)13/h8-10,15H,3-7H2,1-2H3. The van der Waals surface area contributed by atoms with Crippen LogP contribution in [0.15, 0.2) is 5.38 Å². The molecule has 1 saturated heterocycles. The molecule has 1 N–H and O–H groups in total. The first-order valence-electron chi connectivity index (χ1n) is 7.69. The first-order chi connectivity index (χ1) is 10.7. The van der Waals surface area contributed by atoms with Gasteiger partial charge in [-0.25, -0.2) is 4.98 Å². The van der Waals surface area contributed by atoms with Gasteiger partial charge in [-0.2, -0.15) is 0 Å². The Bertz CT molecular complexity index is 668. The number of nitrogens with zero attached hydrogens (tertiary/aromatic N) is 5. The van der Waals surface area contributed by atoms with Crippen LogP contribution in [0, 0.1) is 0 Å². The Morgan fingerprint density at radius 2 is 2.27 bits per heavy atom. The molecule has 22 heavy (non-hydrogen) atoms. The highest BCUT2D eigenvalue weighted by Gasteiger charge is 2.27. The number of thiazole rings is 1. The van der Waals surface area contributed by atoms with E-state index in [1.54, 1.807) is 11.3 Å².